The van der Waals surface area contributed by atoms with Gasteiger partial charge in [-0.1, -0.05) is 15.9 Å². The maximum absolute atomic E-state index is 12.0. The van der Waals surface area contributed by atoms with Crippen molar-refractivity contribution in [3.63, 3.8) is 0 Å². The Hall–Kier alpha value is -1.33. The molecule has 0 bridgehead atoms. The molecule has 5 heteroatoms. The van der Waals surface area contributed by atoms with Crippen molar-refractivity contribution in [2.75, 3.05) is 6.54 Å². The highest BCUT2D eigenvalue weighted by atomic mass is 79.9. The topological polar surface area (TPSA) is 68.3 Å². The second-order valence-electron chi connectivity index (χ2n) is 4.83. The molecular formula is C13H15BrN2O2. The van der Waals surface area contributed by atoms with Crippen molar-refractivity contribution in [1.29, 1.82) is 0 Å². The monoisotopic (exact) mass is 310 g/mol. The van der Waals surface area contributed by atoms with E-state index < -0.39 is 5.54 Å². The summed E-state index contributed by atoms with van der Waals surface area (Å²) in [5, 5.41) is 3.72. The van der Waals surface area contributed by atoms with Crippen LogP contribution in [-0.4, -0.2) is 18.0 Å². The first kappa shape index (κ1) is 13.1. The van der Waals surface area contributed by atoms with Crippen LogP contribution in [-0.2, 0) is 0 Å². The largest absolute Gasteiger partial charge is 0.451 e. The third kappa shape index (κ3) is 2.73. The van der Waals surface area contributed by atoms with Crippen molar-refractivity contribution in [2.45, 2.75) is 19.4 Å². The van der Waals surface area contributed by atoms with Gasteiger partial charge in [0.1, 0.15) is 5.58 Å². The summed E-state index contributed by atoms with van der Waals surface area (Å²) in [5.74, 6) is 0.0439. The predicted molar refractivity (Wildman–Crippen MR) is 74.5 cm³/mol. The Morgan fingerprint density at radius 2 is 2.17 bits per heavy atom. The third-order valence-electron chi connectivity index (χ3n) is 2.66. The first-order chi connectivity index (χ1) is 8.41. The van der Waals surface area contributed by atoms with Gasteiger partial charge in [0.05, 0.1) is 0 Å². The fraction of sp³-hybridized carbons (Fsp3) is 0.308. The van der Waals surface area contributed by atoms with E-state index >= 15 is 0 Å². The Balaban J connectivity index is 2.28. The Morgan fingerprint density at radius 1 is 1.44 bits per heavy atom. The second kappa shape index (κ2) is 4.74. The fourth-order valence-electron chi connectivity index (χ4n) is 1.55. The number of hydrogen-bond acceptors (Lipinski definition) is 3. The third-order valence-corrected chi connectivity index (χ3v) is 3.16. The van der Waals surface area contributed by atoms with E-state index in [-0.39, 0.29) is 5.91 Å². The van der Waals surface area contributed by atoms with Crippen LogP contribution in [0.15, 0.2) is 33.2 Å². The minimum Gasteiger partial charge on any atom is -0.451 e. The summed E-state index contributed by atoms with van der Waals surface area (Å²) in [4.78, 5) is 12.0. The van der Waals surface area contributed by atoms with Crippen LogP contribution in [0, 0.1) is 0 Å². The zero-order valence-electron chi connectivity index (χ0n) is 10.3. The number of nitrogens with one attached hydrogen (secondary N) is 1. The van der Waals surface area contributed by atoms with Gasteiger partial charge in [-0.3, -0.25) is 4.79 Å². The molecule has 0 aliphatic heterocycles. The number of amides is 1. The lowest BCUT2D eigenvalue weighted by Gasteiger charge is -2.23. The molecule has 0 spiro atoms. The van der Waals surface area contributed by atoms with Gasteiger partial charge in [-0.25, -0.2) is 0 Å². The molecule has 2 aromatic rings. The number of benzene rings is 1. The van der Waals surface area contributed by atoms with Gasteiger partial charge in [-0.15, -0.1) is 0 Å². The van der Waals surface area contributed by atoms with Crippen LogP contribution in [0.1, 0.15) is 24.4 Å². The van der Waals surface area contributed by atoms with Crippen LogP contribution in [0.2, 0.25) is 0 Å². The molecule has 3 N–H and O–H groups in total. The highest BCUT2D eigenvalue weighted by Crippen LogP contribution is 2.23. The van der Waals surface area contributed by atoms with E-state index in [1.54, 1.807) is 6.07 Å². The van der Waals surface area contributed by atoms with Gasteiger partial charge in [-0.2, -0.15) is 0 Å². The molecule has 0 fully saturated rings. The Bertz CT molecular complexity index is 590. The van der Waals surface area contributed by atoms with Gasteiger partial charge in [0.25, 0.3) is 5.91 Å². The zero-order valence-corrected chi connectivity index (χ0v) is 11.9. The number of rotatable bonds is 3. The quantitative estimate of drug-likeness (QED) is 0.915. The fourth-order valence-corrected chi connectivity index (χ4v) is 1.92. The second-order valence-corrected chi connectivity index (χ2v) is 5.75. The summed E-state index contributed by atoms with van der Waals surface area (Å²) in [7, 11) is 0. The molecule has 1 heterocycles. The molecule has 96 valence electrons. The van der Waals surface area contributed by atoms with Crippen molar-refractivity contribution in [1.82, 2.24) is 5.32 Å². The van der Waals surface area contributed by atoms with E-state index in [9.17, 15) is 4.79 Å². The van der Waals surface area contributed by atoms with Gasteiger partial charge in [0.2, 0.25) is 0 Å². The maximum atomic E-state index is 12.0. The molecule has 2 rings (SSSR count). The minimum absolute atomic E-state index is 0.252. The van der Waals surface area contributed by atoms with E-state index in [0.29, 0.717) is 17.9 Å². The minimum atomic E-state index is -0.448. The van der Waals surface area contributed by atoms with Crippen LogP contribution in [0.4, 0.5) is 0 Å². The first-order valence-electron chi connectivity index (χ1n) is 5.63. The van der Waals surface area contributed by atoms with E-state index in [1.165, 1.54) is 0 Å². The van der Waals surface area contributed by atoms with E-state index in [4.69, 9.17) is 10.2 Å². The lowest BCUT2D eigenvalue weighted by Crippen LogP contribution is -2.48. The summed E-state index contributed by atoms with van der Waals surface area (Å²) in [6.45, 7) is 4.10. The van der Waals surface area contributed by atoms with Gasteiger partial charge in [0.15, 0.2) is 5.76 Å². The van der Waals surface area contributed by atoms with Crippen molar-refractivity contribution in [2.24, 2.45) is 5.73 Å². The smallest absolute Gasteiger partial charge is 0.287 e. The molecule has 0 unspecified atom stereocenters. The molecule has 1 aromatic heterocycles. The molecule has 0 saturated heterocycles. The lowest BCUT2D eigenvalue weighted by atomic mass is 10.1. The number of fused-ring (bicyclic) bond motifs is 1. The van der Waals surface area contributed by atoms with Gasteiger partial charge >= 0.3 is 0 Å². The Morgan fingerprint density at radius 3 is 2.83 bits per heavy atom. The summed E-state index contributed by atoms with van der Waals surface area (Å²) >= 11 is 3.38. The number of carbonyl (C=O) groups is 1. The number of hydrogen-bond donors (Lipinski definition) is 2. The van der Waals surface area contributed by atoms with Crippen LogP contribution in [0.5, 0.6) is 0 Å². The Labute approximate surface area is 114 Å². The van der Waals surface area contributed by atoms with Gasteiger partial charge < -0.3 is 15.5 Å². The number of halogens is 1. The predicted octanol–water partition coefficient (Wildman–Crippen LogP) is 2.66. The van der Waals surface area contributed by atoms with Crippen molar-refractivity contribution >= 4 is 32.8 Å². The highest BCUT2D eigenvalue weighted by molar-refractivity contribution is 9.10. The molecule has 0 aliphatic carbocycles. The lowest BCUT2D eigenvalue weighted by molar-refractivity contribution is 0.0889. The van der Waals surface area contributed by atoms with Crippen LogP contribution in [0.25, 0.3) is 11.0 Å². The zero-order chi connectivity index (χ0) is 13.3. The molecule has 0 radical (unpaired) electrons. The first-order valence-corrected chi connectivity index (χ1v) is 6.42. The molecule has 18 heavy (non-hydrogen) atoms. The van der Waals surface area contributed by atoms with Crippen molar-refractivity contribution < 1.29 is 9.21 Å². The van der Waals surface area contributed by atoms with Gasteiger partial charge in [0, 0.05) is 21.9 Å². The molecule has 1 aromatic carbocycles. The average molecular weight is 311 g/mol. The standard InChI is InChI=1S/C13H15BrN2O2/c1-13(2,7-15)16-12(17)11-6-8-5-9(14)3-4-10(8)18-11/h3-6H,7,15H2,1-2H3,(H,16,17). The number of furan rings is 1. The molecule has 0 atom stereocenters. The van der Waals surface area contributed by atoms with Crippen LogP contribution < -0.4 is 11.1 Å². The van der Waals surface area contributed by atoms with Gasteiger partial charge in [-0.05, 0) is 38.1 Å². The molecule has 0 saturated carbocycles. The highest BCUT2D eigenvalue weighted by Gasteiger charge is 2.21. The molecule has 0 aliphatic rings. The summed E-state index contributed by atoms with van der Waals surface area (Å²) in [6, 6.07) is 7.33. The maximum Gasteiger partial charge on any atom is 0.287 e. The van der Waals surface area contributed by atoms with E-state index in [1.807, 2.05) is 32.0 Å². The Kier molecular flexibility index (Phi) is 3.45. The molecule has 4 nitrogen and oxygen atoms in total. The summed E-state index contributed by atoms with van der Waals surface area (Å²) in [6.07, 6.45) is 0. The van der Waals surface area contributed by atoms with E-state index in [2.05, 4.69) is 21.2 Å². The molecule has 1 amide bonds. The number of carbonyl (C=O) groups excluding carboxylic acids is 1. The average Bonchev–Trinajstić information content (AvgIpc) is 2.71. The van der Waals surface area contributed by atoms with Crippen LogP contribution in [0.3, 0.4) is 0 Å². The molecular weight excluding hydrogens is 296 g/mol. The number of nitrogens with two attached hydrogens (primary N) is 1. The van der Waals surface area contributed by atoms with Crippen molar-refractivity contribution in [3.05, 3.63) is 34.5 Å². The van der Waals surface area contributed by atoms with Crippen LogP contribution >= 0.6 is 15.9 Å². The summed E-state index contributed by atoms with van der Waals surface area (Å²) in [5.41, 5.74) is 5.82. The summed E-state index contributed by atoms with van der Waals surface area (Å²) < 4.78 is 6.45. The van der Waals surface area contributed by atoms with E-state index in [0.717, 1.165) is 9.86 Å². The SMILES string of the molecule is CC(C)(CN)NC(=O)c1cc2cc(Br)ccc2o1. The van der Waals surface area contributed by atoms with Crippen molar-refractivity contribution in [3.8, 4) is 0 Å². The normalized spacial score (nSPS) is 11.8.